The standard InChI is InChI=1S/C6H10N2O3/c1-2-11-6(9)5-3-8(10)4-7-5/h4-5,10H,2-3H2,1H3. The molecule has 0 saturated carbocycles. The van der Waals surface area contributed by atoms with Crippen LogP contribution in [0.3, 0.4) is 0 Å². The first-order valence-electron chi connectivity index (χ1n) is 3.39. The Bertz CT molecular complexity index is 181. The minimum Gasteiger partial charge on any atom is -0.464 e. The van der Waals surface area contributed by atoms with Gasteiger partial charge in [-0.1, -0.05) is 0 Å². The van der Waals surface area contributed by atoms with E-state index in [9.17, 15) is 4.79 Å². The molecule has 1 rings (SSSR count). The highest BCUT2D eigenvalue weighted by Crippen LogP contribution is 2.02. The normalized spacial score (nSPS) is 22.4. The molecule has 0 spiro atoms. The molecule has 0 fully saturated rings. The third-order valence-electron chi connectivity index (χ3n) is 1.30. The van der Waals surface area contributed by atoms with E-state index in [1.54, 1.807) is 6.92 Å². The highest BCUT2D eigenvalue weighted by molar-refractivity contribution is 5.80. The fourth-order valence-electron chi connectivity index (χ4n) is 0.803. The van der Waals surface area contributed by atoms with Crippen molar-refractivity contribution in [1.82, 2.24) is 5.06 Å². The molecule has 5 heteroatoms. The Hall–Kier alpha value is -1.10. The molecule has 0 bridgehead atoms. The zero-order valence-electron chi connectivity index (χ0n) is 6.23. The molecule has 1 aliphatic rings. The maximum atomic E-state index is 10.9. The Labute approximate surface area is 64.2 Å². The Balaban J connectivity index is 2.38. The Morgan fingerprint density at radius 2 is 2.73 bits per heavy atom. The highest BCUT2D eigenvalue weighted by atomic mass is 16.5. The summed E-state index contributed by atoms with van der Waals surface area (Å²) in [5.41, 5.74) is 0. The third kappa shape index (κ3) is 1.91. The molecule has 1 heterocycles. The lowest BCUT2D eigenvalue weighted by Gasteiger charge is -2.07. The van der Waals surface area contributed by atoms with Crippen LogP contribution in [0.2, 0.25) is 0 Å². The van der Waals surface area contributed by atoms with Gasteiger partial charge in [0.1, 0.15) is 6.34 Å². The van der Waals surface area contributed by atoms with E-state index in [-0.39, 0.29) is 12.5 Å². The number of aliphatic imine (C=N–C) groups is 1. The smallest absolute Gasteiger partial charge is 0.332 e. The molecule has 1 aliphatic heterocycles. The molecule has 0 aromatic carbocycles. The number of esters is 1. The van der Waals surface area contributed by atoms with E-state index < -0.39 is 6.04 Å². The van der Waals surface area contributed by atoms with Crippen LogP contribution in [-0.4, -0.2) is 41.8 Å². The Kier molecular flexibility index (Phi) is 2.43. The topological polar surface area (TPSA) is 62.1 Å². The summed E-state index contributed by atoms with van der Waals surface area (Å²) in [6.07, 6.45) is 1.21. The molecule has 1 atom stereocenters. The second kappa shape index (κ2) is 3.34. The van der Waals surface area contributed by atoms with Gasteiger partial charge < -0.3 is 4.74 Å². The minimum absolute atomic E-state index is 0.193. The summed E-state index contributed by atoms with van der Waals surface area (Å²) in [6, 6.07) is -0.556. The van der Waals surface area contributed by atoms with Crippen molar-refractivity contribution in [2.75, 3.05) is 13.2 Å². The van der Waals surface area contributed by atoms with E-state index in [1.807, 2.05) is 0 Å². The first-order valence-corrected chi connectivity index (χ1v) is 3.39. The summed E-state index contributed by atoms with van der Waals surface area (Å²) in [4.78, 5) is 14.6. The minimum atomic E-state index is -0.556. The first kappa shape index (κ1) is 8.00. The summed E-state index contributed by atoms with van der Waals surface area (Å²) in [7, 11) is 0. The molecule has 5 nitrogen and oxygen atoms in total. The van der Waals surface area contributed by atoms with Gasteiger partial charge in [0.2, 0.25) is 0 Å². The second-order valence-corrected chi connectivity index (χ2v) is 2.15. The molecular formula is C6H10N2O3. The third-order valence-corrected chi connectivity index (χ3v) is 1.30. The van der Waals surface area contributed by atoms with Crippen LogP contribution in [0.25, 0.3) is 0 Å². The second-order valence-electron chi connectivity index (χ2n) is 2.15. The van der Waals surface area contributed by atoms with Crippen LogP contribution < -0.4 is 0 Å². The molecule has 0 saturated heterocycles. The van der Waals surface area contributed by atoms with Crippen molar-refractivity contribution >= 4 is 12.3 Å². The molecule has 1 unspecified atom stereocenters. The summed E-state index contributed by atoms with van der Waals surface area (Å²) >= 11 is 0. The largest absolute Gasteiger partial charge is 0.464 e. The summed E-state index contributed by atoms with van der Waals surface area (Å²) in [5.74, 6) is -0.389. The van der Waals surface area contributed by atoms with Crippen LogP contribution in [0.1, 0.15) is 6.92 Å². The predicted molar refractivity (Wildman–Crippen MR) is 37.4 cm³/mol. The molecule has 0 amide bonds. The van der Waals surface area contributed by atoms with Gasteiger partial charge in [-0.2, -0.15) is 0 Å². The number of rotatable bonds is 2. The van der Waals surface area contributed by atoms with Crippen molar-refractivity contribution in [3.8, 4) is 0 Å². The van der Waals surface area contributed by atoms with E-state index in [0.717, 1.165) is 5.06 Å². The van der Waals surface area contributed by atoms with Crippen LogP contribution in [-0.2, 0) is 9.53 Å². The maximum absolute atomic E-state index is 10.9. The zero-order chi connectivity index (χ0) is 8.27. The number of carbonyl (C=O) groups excluding carboxylic acids is 1. The number of hydroxylamine groups is 2. The van der Waals surface area contributed by atoms with Gasteiger partial charge in [-0.05, 0) is 6.92 Å². The van der Waals surface area contributed by atoms with E-state index in [0.29, 0.717) is 6.61 Å². The molecular weight excluding hydrogens is 148 g/mol. The van der Waals surface area contributed by atoms with Crippen molar-refractivity contribution in [2.24, 2.45) is 4.99 Å². The number of hydrogen-bond donors (Lipinski definition) is 1. The molecule has 0 aromatic rings. The van der Waals surface area contributed by atoms with E-state index in [1.165, 1.54) is 6.34 Å². The van der Waals surface area contributed by atoms with Crippen molar-refractivity contribution in [2.45, 2.75) is 13.0 Å². The molecule has 11 heavy (non-hydrogen) atoms. The van der Waals surface area contributed by atoms with E-state index >= 15 is 0 Å². The lowest BCUT2D eigenvalue weighted by molar-refractivity contribution is -0.145. The van der Waals surface area contributed by atoms with Gasteiger partial charge in [0, 0.05) is 0 Å². The first-order chi connectivity index (χ1) is 5.24. The fraction of sp³-hybridized carbons (Fsp3) is 0.667. The lowest BCUT2D eigenvalue weighted by atomic mass is 10.3. The molecule has 0 aromatic heterocycles. The quantitative estimate of drug-likeness (QED) is 0.558. The van der Waals surface area contributed by atoms with Gasteiger partial charge in [0.15, 0.2) is 6.04 Å². The van der Waals surface area contributed by atoms with Crippen LogP contribution in [0, 0.1) is 0 Å². The average molecular weight is 158 g/mol. The number of hydrogen-bond acceptors (Lipinski definition) is 5. The van der Waals surface area contributed by atoms with Crippen molar-refractivity contribution in [3.05, 3.63) is 0 Å². The summed E-state index contributed by atoms with van der Waals surface area (Å²) in [6.45, 7) is 2.27. The number of nitrogens with zero attached hydrogens (tertiary/aromatic N) is 2. The SMILES string of the molecule is CCOC(=O)C1CN(O)C=N1. The van der Waals surface area contributed by atoms with Crippen molar-refractivity contribution in [3.63, 3.8) is 0 Å². The van der Waals surface area contributed by atoms with E-state index in [2.05, 4.69) is 9.73 Å². The maximum Gasteiger partial charge on any atom is 0.332 e. The van der Waals surface area contributed by atoms with Gasteiger partial charge in [-0.3, -0.25) is 10.2 Å². The lowest BCUT2D eigenvalue weighted by Crippen LogP contribution is -2.27. The van der Waals surface area contributed by atoms with Gasteiger partial charge in [0.05, 0.1) is 13.2 Å². The molecule has 0 aliphatic carbocycles. The molecule has 0 radical (unpaired) electrons. The van der Waals surface area contributed by atoms with Crippen LogP contribution in [0.15, 0.2) is 4.99 Å². The summed E-state index contributed by atoms with van der Waals surface area (Å²) < 4.78 is 4.68. The van der Waals surface area contributed by atoms with Crippen molar-refractivity contribution < 1.29 is 14.7 Å². The van der Waals surface area contributed by atoms with Gasteiger partial charge in [-0.15, -0.1) is 0 Å². The zero-order valence-corrected chi connectivity index (χ0v) is 6.23. The fourth-order valence-corrected chi connectivity index (χ4v) is 0.803. The van der Waals surface area contributed by atoms with Gasteiger partial charge in [-0.25, -0.2) is 9.86 Å². The van der Waals surface area contributed by atoms with Gasteiger partial charge in [0.25, 0.3) is 0 Å². The van der Waals surface area contributed by atoms with Crippen LogP contribution in [0.4, 0.5) is 0 Å². The van der Waals surface area contributed by atoms with E-state index in [4.69, 9.17) is 5.21 Å². The van der Waals surface area contributed by atoms with Crippen LogP contribution >= 0.6 is 0 Å². The molecule has 62 valence electrons. The van der Waals surface area contributed by atoms with Crippen molar-refractivity contribution in [1.29, 1.82) is 0 Å². The average Bonchev–Trinajstić information content (AvgIpc) is 2.36. The summed E-state index contributed by atoms with van der Waals surface area (Å²) in [5, 5.41) is 9.66. The predicted octanol–water partition coefficient (Wildman–Crippen LogP) is -0.349. The number of carbonyl (C=O) groups is 1. The highest BCUT2D eigenvalue weighted by Gasteiger charge is 2.24. The Morgan fingerprint density at radius 3 is 3.18 bits per heavy atom. The van der Waals surface area contributed by atoms with Crippen LogP contribution in [0.5, 0.6) is 0 Å². The molecule has 1 N–H and O–H groups in total. The van der Waals surface area contributed by atoms with Gasteiger partial charge >= 0.3 is 5.97 Å². The number of ether oxygens (including phenoxy) is 1. The monoisotopic (exact) mass is 158 g/mol. The Morgan fingerprint density at radius 1 is 2.00 bits per heavy atom.